The lowest BCUT2D eigenvalue weighted by molar-refractivity contribution is -0.122. The largest absolute Gasteiger partial charge is 0.384 e. The predicted octanol–water partition coefficient (Wildman–Crippen LogP) is 1.68. The molecule has 6 nitrogen and oxygen atoms in total. The van der Waals surface area contributed by atoms with Crippen LogP contribution in [0.15, 0.2) is 42.6 Å². The normalized spacial score (nSPS) is 11.1. The number of primary amides is 1. The Labute approximate surface area is 147 Å². The van der Waals surface area contributed by atoms with E-state index < -0.39 is 5.41 Å². The first-order chi connectivity index (χ1) is 11.8. The summed E-state index contributed by atoms with van der Waals surface area (Å²) in [7, 11) is 0. The number of nitrogens with two attached hydrogens (primary N) is 2. The van der Waals surface area contributed by atoms with E-state index in [1.165, 1.54) is 0 Å². The van der Waals surface area contributed by atoms with Crippen LogP contribution in [0.1, 0.15) is 37.0 Å². The highest BCUT2D eigenvalue weighted by atomic mass is 16.2. The van der Waals surface area contributed by atoms with Crippen LogP contribution in [-0.4, -0.2) is 16.8 Å². The molecule has 0 spiro atoms. The van der Waals surface area contributed by atoms with Crippen LogP contribution in [0.4, 0.5) is 5.82 Å². The van der Waals surface area contributed by atoms with E-state index in [1.807, 2.05) is 30.3 Å². The van der Waals surface area contributed by atoms with Gasteiger partial charge in [-0.05, 0) is 43.0 Å². The molecule has 0 atom stereocenters. The van der Waals surface area contributed by atoms with Crippen molar-refractivity contribution in [3.63, 3.8) is 0 Å². The molecule has 25 heavy (non-hydrogen) atoms. The molecule has 1 aromatic carbocycles. The minimum Gasteiger partial charge on any atom is -0.384 e. The fourth-order valence-electron chi connectivity index (χ4n) is 2.32. The number of carbonyl (C=O) groups excluding carboxylic acids is 2. The summed E-state index contributed by atoms with van der Waals surface area (Å²) >= 11 is 0. The molecule has 6 heteroatoms. The highest BCUT2D eigenvalue weighted by molar-refractivity contribution is 5.85. The molecule has 0 unspecified atom stereocenters. The SMILES string of the molecule is CC(C)(C(N)=O)c1ccc(CCC(=O)NCc2ccc(N)nc2)cc1. The monoisotopic (exact) mass is 340 g/mol. The van der Waals surface area contributed by atoms with Gasteiger partial charge in [0.2, 0.25) is 11.8 Å². The lowest BCUT2D eigenvalue weighted by Gasteiger charge is -2.21. The number of pyridine rings is 1. The van der Waals surface area contributed by atoms with E-state index in [0.29, 0.717) is 25.2 Å². The van der Waals surface area contributed by atoms with E-state index in [9.17, 15) is 9.59 Å². The summed E-state index contributed by atoms with van der Waals surface area (Å²) < 4.78 is 0. The van der Waals surface area contributed by atoms with Crippen LogP contribution in [0.25, 0.3) is 0 Å². The summed E-state index contributed by atoms with van der Waals surface area (Å²) in [5.41, 5.74) is 13.0. The molecule has 0 aliphatic heterocycles. The van der Waals surface area contributed by atoms with E-state index in [1.54, 1.807) is 26.1 Å². The molecule has 0 fully saturated rings. The molecule has 0 bridgehead atoms. The van der Waals surface area contributed by atoms with E-state index in [0.717, 1.165) is 16.7 Å². The molecule has 0 radical (unpaired) electrons. The Bertz CT molecular complexity index is 737. The zero-order valence-corrected chi connectivity index (χ0v) is 14.6. The van der Waals surface area contributed by atoms with Crippen molar-refractivity contribution in [2.24, 2.45) is 5.73 Å². The van der Waals surface area contributed by atoms with Crippen molar-refractivity contribution in [1.82, 2.24) is 10.3 Å². The number of hydrogen-bond acceptors (Lipinski definition) is 4. The average molecular weight is 340 g/mol. The van der Waals surface area contributed by atoms with E-state index >= 15 is 0 Å². The summed E-state index contributed by atoms with van der Waals surface area (Å²) in [4.78, 5) is 27.4. The molecule has 0 saturated heterocycles. The van der Waals surface area contributed by atoms with Gasteiger partial charge in [0.25, 0.3) is 0 Å². The molecule has 0 aliphatic carbocycles. The van der Waals surface area contributed by atoms with Gasteiger partial charge in [0.1, 0.15) is 5.82 Å². The second-order valence-electron chi connectivity index (χ2n) is 6.55. The van der Waals surface area contributed by atoms with Gasteiger partial charge in [-0.25, -0.2) is 4.98 Å². The molecule has 132 valence electrons. The molecule has 0 saturated carbocycles. The molecule has 1 heterocycles. The number of rotatable bonds is 7. The number of nitrogens with one attached hydrogen (secondary N) is 1. The van der Waals surface area contributed by atoms with Crippen LogP contribution in [0.3, 0.4) is 0 Å². The van der Waals surface area contributed by atoms with Gasteiger partial charge in [-0.1, -0.05) is 30.3 Å². The molecule has 2 aromatic rings. The van der Waals surface area contributed by atoms with Gasteiger partial charge in [-0.3, -0.25) is 9.59 Å². The van der Waals surface area contributed by atoms with Crippen molar-refractivity contribution in [2.45, 2.75) is 38.6 Å². The highest BCUT2D eigenvalue weighted by Crippen LogP contribution is 2.23. The van der Waals surface area contributed by atoms with Crippen LogP contribution in [0.5, 0.6) is 0 Å². The Hall–Kier alpha value is -2.89. The third-order valence-corrected chi connectivity index (χ3v) is 4.27. The number of benzene rings is 1. The number of aryl methyl sites for hydroxylation is 1. The second-order valence-corrected chi connectivity index (χ2v) is 6.55. The minimum absolute atomic E-state index is 0.0293. The number of aromatic nitrogens is 1. The fourth-order valence-corrected chi connectivity index (χ4v) is 2.32. The topological polar surface area (TPSA) is 111 Å². The van der Waals surface area contributed by atoms with Gasteiger partial charge in [0.15, 0.2) is 0 Å². The lowest BCUT2D eigenvalue weighted by Crippen LogP contribution is -2.35. The molecule has 5 N–H and O–H groups in total. The van der Waals surface area contributed by atoms with Gasteiger partial charge in [0, 0.05) is 19.2 Å². The number of carbonyl (C=O) groups is 2. The second kappa shape index (κ2) is 7.79. The summed E-state index contributed by atoms with van der Waals surface area (Å²) in [6, 6.07) is 11.2. The van der Waals surface area contributed by atoms with Gasteiger partial charge in [-0.2, -0.15) is 0 Å². The Morgan fingerprint density at radius 3 is 2.28 bits per heavy atom. The van der Waals surface area contributed by atoms with Crippen molar-refractivity contribution in [3.05, 3.63) is 59.3 Å². The number of nitrogen functional groups attached to an aromatic ring is 1. The number of amides is 2. The third kappa shape index (κ3) is 5.04. The summed E-state index contributed by atoms with van der Waals surface area (Å²) in [6.07, 6.45) is 2.67. The summed E-state index contributed by atoms with van der Waals surface area (Å²) in [5.74, 6) is 0.0631. The Balaban J connectivity index is 1.83. The van der Waals surface area contributed by atoms with Crippen molar-refractivity contribution in [3.8, 4) is 0 Å². The third-order valence-electron chi connectivity index (χ3n) is 4.27. The lowest BCUT2D eigenvalue weighted by atomic mass is 9.83. The van der Waals surface area contributed by atoms with Crippen LogP contribution in [0.2, 0.25) is 0 Å². The molecular formula is C19H24N4O2. The van der Waals surface area contributed by atoms with Crippen LogP contribution in [-0.2, 0) is 28.0 Å². The quantitative estimate of drug-likeness (QED) is 0.712. The first kappa shape index (κ1) is 18.4. The number of hydrogen-bond donors (Lipinski definition) is 3. The van der Waals surface area contributed by atoms with Gasteiger partial charge in [0.05, 0.1) is 5.41 Å². The van der Waals surface area contributed by atoms with Gasteiger partial charge in [-0.15, -0.1) is 0 Å². The number of anilines is 1. The zero-order chi connectivity index (χ0) is 18.4. The fraction of sp³-hybridized carbons (Fsp3) is 0.316. The maximum Gasteiger partial charge on any atom is 0.227 e. The molecule has 1 aromatic heterocycles. The Morgan fingerprint density at radius 1 is 1.08 bits per heavy atom. The molecule has 2 rings (SSSR count). The van der Waals surface area contributed by atoms with Gasteiger partial charge >= 0.3 is 0 Å². The first-order valence-electron chi connectivity index (χ1n) is 8.15. The maximum absolute atomic E-state index is 12.0. The summed E-state index contributed by atoms with van der Waals surface area (Å²) in [5, 5.41) is 2.86. The molecule has 0 aliphatic rings. The minimum atomic E-state index is -0.705. The van der Waals surface area contributed by atoms with E-state index in [2.05, 4.69) is 10.3 Å². The maximum atomic E-state index is 12.0. The summed E-state index contributed by atoms with van der Waals surface area (Å²) in [6.45, 7) is 4.02. The standard InChI is InChI=1S/C19H24N4O2/c1-19(2,18(21)25)15-7-3-13(4-8-15)6-10-17(24)23-12-14-5-9-16(20)22-11-14/h3-5,7-9,11H,6,10,12H2,1-2H3,(H2,20,22)(H2,21,25)(H,23,24). The van der Waals surface area contributed by atoms with Crippen molar-refractivity contribution in [2.75, 3.05) is 5.73 Å². The Kier molecular flexibility index (Phi) is 5.75. The Morgan fingerprint density at radius 2 is 1.72 bits per heavy atom. The van der Waals surface area contributed by atoms with Crippen molar-refractivity contribution >= 4 is 17.6 Å². The van der Waals surface area contributed by atoms with Crippen LogP contribution in [0, 0.1) is 0 Å². The zero-order valence-electron chi connectivity index (χ0n) is 14.6. The molecule has 2 amide bonds. The molecular weight excluding hydrogens is 316 g/mol. The average Bonchev–Trinajstić information content (AvgIpc) is 2.59. The van der Waals surface area contributed by atoms with Crippen LogP contribution < -0.4 is 16.8 Å². The van der Waals surface area contributed by atoms with Crippen molar-refractivity contribution < 1.29 is 9.59 Å². The van der Waals surface area contributed by atoms with Crippen LogP contribution >= 0.6 is 0 Å². The smallest absolute Gasteiger partial charge is 0.227 e. The predicted molar refractivity (Wildman–Crippen MR) is 97.5 cm³/mol. The number of nitrogens with zero attached hydrogens (tertiary/aromatic N) is 1. The van der Waals surface area contributed by atoms with Crippen molar-refractivity contribution in [1.29, 1.82) is 0 Å². The highest BCUT2D eigenvalue weighted by Gasteiger charge is 2.26. The van der Waals surface area contributed by atoms with E-state index in [-0.39, 0.29) is 11.8 Å². The van der Waals surface area contributed by atoms with Gasteiger partial charge < -0.3 is 16.8 Å². The first-order valence-corrected chi connectivity index (χ1v) is 8.15. The van der Waals surface area contributed by atoms with E-state index in [4.69, 9.17) is 11.5 Å².